The van der Waals surface area contributed by atoms with Gasteiger partial charge in [-0.3, -0.25) is 24.3 Å². The summed E-state index contributed by atoms with van der Waals surface area (Å²) in [7, 11) is 3.35. The number of aromatic nitrogens is 4. The van der Waals surface area contributed by atoms with Crippen LogP contribution in [0.2, 0.25) is 10.0 Å². The van der Waals surface area contributed by atoms with Gasteiger partial charge in [0.2, 0.25) is 17.7 Å². The number of halogens is 2. The monoisotopic (exact) mass is 691 g/mol. The van der Waals surface area contributed by atoms with Crippen molar-refractivity contribution in [1.29, 1.82) is 0 Å². The molecule has 3 aromatic heterocycles. The minimum Gasteiger partial charge on any atom is -0.481 e. The number of imidazole rings is 1. The molecule has 1 fully saturated rings. The van der Waals surface area contributed by atoms with Gasteiger partial charge in [-0.15, -0.1) is 0 Å². The fourth-order valence-electron chi connectivity index (χ4n) is 6.10. The van der Waals surface area contributed by atoms with Crippen molar-refractivity contribution in [3.8, 4) is 28.4 Å². The Kier molecular flexibility index (Phi) is 9.92. The van der Waals surface area contributed by atoms with Crippen molar-refractivity contribution in [1.82, 2.24) is 35.1 Å². The van der Waals surface area contributed by atoms with Gasteiger partial charge in [-0.2, -0.15) is 0 Å². The maximum absolute atomic E-state index is 13.4. The molecule has 0 bridgehead atoms. The number of anilines is 1. The number of hydrogen-bond acceptors (Lipinski definition) is 9. The summed E-state index contributed by atoms with van der Waals surface area (Å²) >= 11 is 13.8. The molecule has 1 atom stereocenters. The molecule has 3 amide bonds. The lowest BCUT2D eigenvalue weighted by Crippen LogP contribution is -2.37. The summed E-state index contributed by atoms with van der Waals surface area (Å²) in [6, 6.07) is 10.9. The van der Waals surface area contributed by atoms with E-state index in [1.54, 1.807) is 49.2 Å². The molecule has 15 heteroatoms. The summed E-state index contributed by atoms with van der Waals surface area (Å²) in [5.41, 5.74) is 10.4. The molecule has 48 heavy (non-hydrogen) atoms. The molecule has 5 heterocycles. The Morgan fingerprint density at radius 1 is 1.10 bits per heavy atom. The van der Waals surface area contributed by atoms with E-state index >= 15 is 0 Å². The zero-order chi connectivity index (χ0) is 33.9. The van der Waals surface area contributed by atoms with Gasteiger partial charge in [0.1, 0.15) is 0 Å². The summed E-state index contributed by atoms with van der Waals surface area (Å²) in [4.78, 5) is 52.0. The normalized spacial score (nSPS) is 16.0. The predicted molar refractivity (Wildman–Crippen MR) is 182 cm³/mol. The number of nitrogens with one attached hydrogen (secondary N) is 3. The molecule has 0 radical (unpaired) electrons. The minimum absolute atomic E-state index is 0.0799. The van der Waals surface area contributed by atoms with Gasteiger partial charge in [-0.05, 0) is 24.6 Å². The van der Waals surface area contributed by atoms with Gasteiger partial charge in [-0.1, -0.05) is 41.4 Å². The number of rotatable bonds is 11. The second-order valence-corrected chi connectivity index (χ2v) is 12.5. The third-order valence-electron chi connectivity index (χ3n) is 8.51. The van der Waals surface area contributed by atoms with E-state index in [1.807, 2.05) is 17.0 Å². The van der Waals surface area contributed by atoms with Gasteiger partial charge >= 0.3 is 0 Å². The van der Waals surface area contributed by atoms with Crippen molar-refractivity contribution in [3.05, 3.63) is 75.4 Å². The molecule has 2 aliphatic heterocycles. The van der Waals surface area contributed by atoms with Gasteiger partial charge in [0.25, 0.3) is 5.91 Å². The van der Waals surface area contributed by atoms with E-state index in [0.717, 1.165) is 23.4 Å². The summed E-state index contributed by atoms with van der Waals surface area (Å²) in [5, 5.41) is 9.79. The lowest BCUT2D eigenvalue weighted by Gasteiger charge is -2.25. The first kappa shape index (κ1) is 33.3. The van der Waals surface area contributed by atoms with Crippen molar-refractivity contribution in [2.75, 3.05) is 32.1 Å². The van der Waals surface area contributed by atoms with Crippen molar-refractivity contribution in [2.24, 2.45) is 12.8 Å². The van der Waals surface area contributed by atoms with Crippen LogP contribution in [0.5, 0.6) is 5.88 Å². The average molecular weight is 693 g/mol. The molecule has 0 saturated carbocycles. The van der Waals surface area contributed by atoms with Gasteiger partial charge in [0.15, 0.2) is 5.82 Å². The van der Waals surface area contributed by atoms with Crippen LogP contribution in [-0.4, -0.2) is 74.9 Å². The molecule has 1 aromatic carbocycles. The van der Waals surface area contributed by atoms with Gasteiger partial charge in [-0.25, -0.2) is 9.97 Å². The van der Waals surface area contributed by atoms with Gasteiger partial charge in [0, 0.05) is 80.7 Å². The first-order valence-electron chi connectivity index (χ1n) is 15.5. The van der Waals surface area contributed by atoms with E-state index in [9.17, 15) is 14.4 Å². The molecule has 6 rings (SSSR count). The predicted octanol–water partition coefficient (Wildman–Crippen LogP) is 3.32. The number of fused-ring (bicyclic) bond motifs is 1. The molecular weight excluding hydrogens is 657 g/mol. The van der Waals surface area contributed by atoms with Crippen LogP contribution in [0.4, 0.5) is 5.69 Å². The third-order valence-corrected chi connectivity index (χ3v) is 9.30. The number of primary amides is 1. The SMILES string of the molecule is COc1nc(-c2ccnc(-c3cccc(NC(=O)c4nc5c(n4C)CCN(CC(N)=O)C5)c3Cl)c2Cl)ccc1CNC[C@H]1CCC(=O)N1. The Morgan fingerprint density at radius 2 is 1.94 bits per heavy atom. The molecule has 0 aliphatic carbocycles. The Morgan fingerprint density at radius 3 is 2.69 bits per heavy atom. The minimum atomic E-state index is -0.431. The summed E-state index contributed by atoms with van der Waals surface area (Å²) < 4.78 is 7.36. The smallest absolute Gasteiger partial charge is 0.291 e. The van der Waals surface area contributed by atoms with Crippen LogP contribution in [0.1, 0.15) is 40.4 Å². The van der Waals surface area contributed by atoms with Gasteiger partial charge < -0.3 is 31.0 Å². The third kappa shape index (κ3) is 6.99. The van der Waals surface area contributed by atoms with Crippen LogP contribution >= 0.6 is 23.2 Å². The van der Waals surface area contributed by atoms with Crippen LogP contribution in [-0.2, 0) is 36.1 Å². The Balaban J connectivity index is 1.20. The van der Waals surface area contributed by atoms with Crippen LogP contribution in [0.15, 0.2) is 42.6 Å². The standard InChI is InChI=1S/C33H35Cl2N9O4/c1-43-25-11-13-44(17-26(36)45)16-24(25)40-31(43)32(47)41-23-5-3-4-21(28(23)34)30-29(35)20(10-12-38-30)22-8-6-18(33(42-22)48-2)14-37-15-19-7-9-27(46)39-19/h3-6,8,10,12,19,37H,7,9,11,13-17H2,1-2H3,(H2,36,45)(H,39,46)(H,41,47)/t19-/m1/s1. The highest BCUT2D eigenvalue weighted by molar-refractivity contribution is 6.39. The number of methoxy groups -OCH3 is 1. The van der Waals surface area contributed by atoms with Crippen LogP contribution in [0.25, 0.3) is 22.5 Å². The van der Waals surface area contributed by atoms with E-state index in [-0.39, 0.29) is 29.3 Å². The number of nitrogens with zero attached hydrogens (tertiary/aromatic N) is 5. The van der Waals surface area contributed by atoms with Gasteiger partial charge in [0.05, 0.1) is 46.5 Å². The number of benzene rings is 1. The van der Waals surface area contributed by atoms with E-state index in [4.69, 9.17) is 38.7 Å². The number of amides is 3. The fourth-order valence-corrected chi connectivity index (χ4v) is 6.67. The number of pyridine rings is 2. The number of carbonyl (C=O) groups is 3. The fraction of sp³-hybridized carbons (Fsp3) is 0.333. The molecule has 4 aromatic rings. The quantitative estimate of drug-likeness (QED) is 0.184. The van der Waals surface area contributed by atoms with E-state index in [2.05, 4.69) is 25.9 Å². The van der Waals surface area contributed by atoms with Crippen molar-refractivity contribution < 1.29 is 19.1 Å². The zero-order valence-electron chi connectivity index (χ0n) is 26.5. The lowest BCUT2D eigenvalue weighted by atomic mass is 10.1. The summed E-state index contributed by atoms with van der Waals surface area (Å²) in [6.45, 7) is 2.37. The first-order chi connectivity index (χ1) is 23.1. The highest BCUT2D eigenvalue weighted by Crippen LogP contribution is 2.40. The highest BCUT2D eigenvalue weighted by Gasteiger charge is 2.27. The molecule has 0 unspecified atom stereocenters. The van der Waals surface area contributed by atoms with E-state index in [1.165, 1.54) is 0 Å². The van der Waals surface area contributed by atoms with Crippen LogP contribution < -0.4 is 26.4 Å². The Bertz CT molecular complexity index is 1900. The Hall–Kier alpha value is -4.56. The maximum Gasteiger partial charge on any atom is 0.291 e. The highest BCUT2D eigenvalue weighted by atomic mass is 35.5. The van der Waals surface area contributed by atoms with Crippen molar-refractivity contribution >= 4 is 46.6 Å². The molecule has 0 spiro atoms. The number of ether oxygens (including phenoxy) is 1. The van der Waals surface area contributed by atoms with Crippen molar-refractivity contribution in [2.45, 2.75) is 38.4 Å². The van der Waals surface area contributed by atoms with Crippen molar-refractivity contribution in [3.63, 3.8) is 0 Å². The molecule has 250 valence electrons. The Labute approximate surface area is 287 Å². The molecule has 5 N–H and O–H groups in total. The van der Waals surface area contributed by atoms with Crippen LogP contribution in [0.3, 0.4) is 0 Å². The first-order valence-corrected chi connectivity index (χ1v) is 16.2. The second kappa shape index (κ2) is 14.3. The lowest BCUT2D eigenvalue weighted by molar-refractivity contribution is -0.120. The zero-order valence-corrected chi connectivity index (χ0v) is 28.0. The average Bonchev–Trinajstić information content (AvgIpc) is 3.63. The van der Waals surface area contributed by atoms with E-state index < -0.39 is 11.8 Å². The summed E-state index contributed by atoms with van der Waals surface area (Å²) in [5.74, 6) is -0.0863. The number of nitrogens with two attached hydrogens (primary N) is 1. The van der Waals surface area contributed by atoms with E-state index in [0.29, 0.717) is 78.1 Å². The largest absolute Gasteiger partial charge is 0.481 e. The number of hydrogen-bond donors (Lipinski definition) is 4. The second-order valence-electron chi connectivity index (χ2n) is 11.8. The number of carbonyl (C=O) groups excluding carboxylic acids is 3. The molecule has 2 aliphatic rings. The maximum atomic E-state index is 13.4. The molecule has 1 saturated heterocycles. The molecule has 13 nitrogen and oxygen atoms in total. The topological polar surface area (TPSA) is 169 Å². The molecular formula is C33H35Cl2N9O4. The van der Waals surface area contributed by atoms with Crippen LogP contribution in [0, 0.1) is 0 Å². The summed E-state index contributed by atoms with van der Waals surface area (Å²) in [6.07, 6.45) is 3.63.